The lowest BCUT2D eigenvalue weighted by Crippen LogP contribution is -2.44. The monoisotopic (exact) mass is 433 g/mol. The SMILES string of the molecule is CCOC(=O)CCN(CC1CCCN1CC)C(=O)c1ccc2c(c1)NC(=O)CCS2. The standard InChI is InChI=1S/C22H31N3O4S/c1-3-24-11-5-6-17(24)15-25(12-9-21(27)29-4-2)22(28)16-7-8-19-18(14-16)23-20(26)10-13-30-19/h7-8,14,17H,3-6,9-13,15H2,1-2H3,(H,23,26). The number of esters is 1. The van der Waals surface area contributed by atoms with Crippen molar-refractivity contribution in [2.45, 2.75) is 50.5 Å². The number of likely N-dealkylation sites (N-methyl/N-ethyl adjacent to an activating group) is 1. The Morgan fingerprint density at radius 2 is 2.17 bits per heavy atom. The number of likely N-dealkylation sites (tertiary alicyclic amines) is 1. The summed E-state index contributed by atoms with van der Waals surface area (Å²) < 4.78 is 5.05. The lowest BCUT2D eigenvalue weighted by atomic mass is 10.1. The number of rotatable bonds is 8. The second-order valence-corrected chi connectivity index (χ2v) is 8.73. The Labute approximate surface area is 182 Å². The first-order valence-electron chi connectivity index (χ1n) is 10.8. The Hall–Kier alpha value is -2.06. The minimum absolute atomic E-state index is 0.0328. The van der Waals surface area contributed by atoms with E-state index in [1.165, 1.54) is 0 Å². The van der Waals surface area contributed by atoms with Crippen LogP contribution >= 0.6 is 11.8 Å². The maximum absolute atomic E-state index is 13.4. The molecule has 1 fully saturated rings. The molecule has 0 radical (unpaired) electrons. The van der Waals surface area contributed by atoms with Gasteiger partial charge in [0.25, 0.3) is 5.91 Å². The average molecular weight is 434 g/mol. The summed E-state index contributed by atoms with van der Waals surface area (Å²) in [5.74, 6) is 0.287. The zero-order valence-corrected chi connectivity index (χ0v) is 18.6. The third-order valence-electron chi connectivity index (χ3n) is 5.60. The highest BCUT2D eigenvalue weighted by Crippen LogP contribution is 2.32. The highest BCUT2D eigenvalue weighted by molar-refractivity contribution is 7.99. The number of nitrogens with one attached hydrogen (secondary N) is 1. The first-order chi connectivity index (χ1) is 14.5. The number of carbonyl (C=O) groups is 3. The second-order valence-electron chi connectivity index (χ2n) is 7.59. The molecule has 30 heavy (non-hydrogen) atoms. The van der Waals surface area contributed by atoms with E-state index in [4.69, 9.17) is 4.74 Å². The fourth-order valence-corrected chi connectivity index (χ4v) is 4.98. The average Bonchev–Trinajstić information content (AvgIpc) is 3.10. The first-order valence-corrected chi connectivity index (χ1v) is 11.8. The van der Waals surface area contributed by atoms with Crippen molar-refractivity contribution in [2.75, 3.05) is 43.9 Å². The summed E-state index contributed by atoms with van der Waals surface area (Å²) in [5, 5.41) is 2.90. The Morgan fingerprint density at radius 3 is 2.93 bits per heavy atom. The van der Waals surface area contributed by atoms with Crippen molar-refractivity contribution in [2.24, 2.45) is 0 Å². The van der Waals surface area contributed by atoms with Crippen molar-refractivity contribution in [3.8, 4) is 0 Å². The predicted molar refractivity (Wildman–Crippen MR) is 118 cm³/mol. The molecule has 7 nitrogen and oxygen atoms in total. The molecule has 0 spiro atoms. The van der Waals surface area contributed by atoms with Crippen molar-refractivity contribution in [1.82, 2.24) is 9.80 Å². The predicted octanol–water partition coefficient (Wildman–Crippen LogP) is 3.00. The summed E-state index contributed by atoms with van der Waals surface area (Å²) >= 11 is 1.62. The molecule has 2 aliphatic heterocycles. The zero-order valence-electron chi connectivity index (χ0n) is 17.8. The van der Waals surface area contributed by atoms with Gasteiger partial charge in [-0.2, -0.15) is 0 Å². The molecule has 1 aromatic carbocycles. The lowest BCUT2D eigenvalue weighted by molar-refractivity contribution is -0.143. The number of thioether (sulfide) groups is 1. The molecule has 2 aliphatic rings. The molecule has 1 saturated heterocycles. The van der Waals surface area contributed by atoms with E-state index in [0.717, 1.165) is 36.6 Å². The number of benzene rings is 1. The van der Waals surface area contributed by atoms with E-state index < -0.39 is 0 Å². The van der Waals surface area contributed by atoms with Crippen molar-refractivity contribution in [3.05, 3.63) is 23.8 Å². The van der Waals surface area contributed by atoms with Gasteiger partial charge in [0.05, 0.1) is 18.7 Å². The Kier molecular flexibility index (Phi) is 8.16. The van der Waals surface area contributed by atoms with Gasteiger partial charge < -0.3 is 15.0 Å². The molecule has 0 aliphatic carbocycles. The number of anilines is 1. The molecule has 1 atom stereocenters. The molecule has 2 heterocycles. The molecule has 2 amide bonds. The molecule has 0 bridgehead atoms. The molecule has 1 aromatic rings. The summed E-state index contributed by atoms with van der Waals surface area (Å²) in [6.45, 7) is 7.15. The van der Waals surface area contributed by atoms with Crippen LogP contribution in [0.2, 0.25) is 0 Å². The Morgan fingerprint density at radius 1 is 1.33 bits per heavy atom. The number of ether oxygens (including phenoxy) is 1. The van der Waals surface area contributed by atoms with Crippen LogP contribution in [0.4, 0.5) is 5.69 Å². The van der Waals surface area contributed by atoms with Crippen molar-refractivity contribution < 1.29 is 19.1 Å². The Balaban J connectivity index is 1.78. The highest BCUT2D eigenvalue weighted by atomic mass is 32.2. The molecular weight excluding hydrogens is 402 g/mol. The molecule has 164 valence electrons. The van der Waals surface area contributed by atoms with Gasteiger partial charge in [0.2, 0.25) is 5.91 Å². The fourth-order valence-electron chi connectivity index (χ4n) is 4.04. The van der Waals surface area contributed by atoms with E-state index in [1.807, 2.05) is 12.1 Å². The minimum Gasteiger partial charge on any atom is -0.466 e. The molecule has 0 aromatic heterocycles. The maximum Gasteiger partial charge on any atom is 0.307 e. The number of hydrogen-bond acceptors (Lipinski definition) is 6. The van der Waals surface area contributed by atoms with E-state index in [2.05, 4.69) is 17.1 Å². The number of fused-ring (bicyclic) bond motifs is 1. The molecular formula is C22H31N3O4S. The van der Waals surface area contributed by atoms with Crippen LogP contribution in [0.1, 0.15) is 49.9 Å². The minimum atomic E-state index is -0.292. The van der Waals surface area contributed by atoms with Gasteiger partial charge >= 0.3 is 5.97 Å². The van der Waals surface area contributed by atoms with Crippen LogP contribution in [0, 0.1) is 0 Å². The van der Waals surface area contributed by atoms with Gasteiger partial charge in [-0.3, -0.25) is 19.3 Å². The molecule has 1 N–H and O–H groups in total. The van der Waals surface area contributed by atoms with Crippen LogP contribution in [0.5, 0.6) is 0 Å². The topological polar surface area (TPSA) is 79.0 Å². The summed E-state index contributed by atoms with van der Waals surface area (Å²) in [7, 11) is 0. The van der Waals surface area contributed by atoms with Crippen LogP contribution in [0.25, 0.3) is 0 Å². The van der Waals surface area contributed by atoms with Crippen molar-refractivity contribution in [1.29, 1.82) is 0 Å². The molecule has 8 heteroatoms. The summed E-state index contributed by atoms with van der Waals surface area (Å²) in [6.07, 6.45) is 2.81. The third-order valence-corrected chi connectivity index (χ3v) is 6.68. The quantitative estimate of drug-likeness (QED) is 0.635. The normalized spacial score (nSPS) is 19.0. The number of nitrogens with zero attached hydrogens (tertiary/aromatic N) is 2. The maximum atomic E-state index is 13.4. The smallest absolute Gasteiger partial charge is 0.307 e. The lowest BCUT2D eigenvalue weighted by Gasteiger charge is -2.30. The largest absolute Gasteiger partial charge is 0.466 e. The van der Waals surface area contributed by atoms with Gasteiger partial charge in [0.1, 0.15) is 0 Å². The van der Waals surface area contributed by atoms with Crippen molar-refractivity contribution in [3.63, 3.8) is 0 Å². The Bertz CT molecular complexity index is 786. The number of carbonyl (C=O) groups excluding carboxylic acids is 3. The van der Waals surface area contributed by atoms with Gasteiger partial charge in [-0.1, -0.05) is 6.92 Å². The molecule has 0 saturated carbocycles. The van der Waals surface area contributed by atoms with Crippen LogP contribution in [-0.4, -0.2) is 72.2 Å². The van der Waals surface area contributed by atoms with Gasteiger partial charge in [-0.05, 0) is 51.1 Å². The number of hydrogen-bond donors (Lipinski definition) is 1. The molecule has 1 unspecified atom stereocenters. The molecule has 3 rings (SSSR count). The van der Waals surface area contributed by atoms with Gasteiger partial charge in [-0.15, -0.1) is 11.8 Å². The third kappa shape index (κ3) is 5.76. The van der Waals surface area contributed by atoms with E-state index in [-0.39, 0.29) is 24.2 Å². The van der Waals surface area contributed by atoms with E-state index in [1.54, 1.807) is 29.7 Å². The summed E-state index contributed by atoms with van der Waals surface area (Å²) in [4.78, 5) is 42.3. The highest BCUT2D eigenvalue weighted by Gasteiger charge is 2.28. The summed E-state index contributed by atoms with van der Waals surface area (Å²) in [5.41, 5.74) is 1.22. The van der Waals surface area contributed by atoms with Crippen molar-refractivity contribution >= 4 is 35.2 Å². The van der Waals surface area contributed by atoms with E-state index in [9.17, 15) is 14.4 Å². The number of amides is 2. The second kappa shape index (κ2) is 10.8. The van der Waals surface area contributed by atoms with Gasteiger partial charge in [0, 0.05) is 41.8 Å². The van der Waals surface area contributed by atoms with Crippen LogP contribution in [0.15, 0.2) is 23.1 Å². The van der Waals surface area contributed by atoms with E-state index >= 15 is 0 Å². The van der Waals surface area contributed by atoms with Gasteiger partial charge in [0.15, 0.2) is 0 Å². The van der Waals surface area contributed by atoms with Gasteiger partial charge in [-0.25, -0.2) is 0 Å². The fraction of sp³-hybridized carbons (Fsp3) is 0.591. The first kappa shape index (κ1) is 22.6. The summed E-state index contributed by atoms with van der Waals surface area (Å²) in [6, 6.07) is 5.78. The van der Waals surface area contributed by atoms with E-state index in [0.29, 0.717) is 43.4 Å². The zero-order chi connectivity index (χ0) is 21.5. The van der Waals surface area contributed by atoms with Crippen LogP contribution < -0.4 is 5.32 Å². The van der Waals surface area contributed by atoms with Crippen LogP contribution in [0.3, 0.4) is 0 Å². The van der Waals surface area contributed by atoms with Crippen LogP contribution in [-0.2, 0) is 14.3 Å².